The van der Waals surface area contributed by atoms with Crippen molar-refractivity contribution < 1.29 is 22.0 Å². The number of halogens is 3. The Kier molecular flexibility index (Phi) is 7.37. The van der Waals surface area contributed by atoms with Gasteiger partial charge in [0, 0.05) is 11.6 Å². The van der Waals surface area contributed by atoms with Gasteiger partial charge in [-0.3, -0.25) is 4.79 Å². The third-order valence-corrected chi connectivity index (χ3v) is 4.81. The molecule has 0 bridgehead atoms. The van der Waals surface area contributed by atoms with Crippen LogP contribution in [0.2, 0.25) is 0 Å². The lowest BCUT2D eigenvalue weighted by atomic mass is 10.1. The highest BCUT2D eigenvalue weighted by atomic mass is 35.5. The summed E-state index contributed by atoms with van der Waals surface area (Å²) in [6.07, 6.45) is 1.72. The average molecular weight is 369 g/mol. The number of nitrogens with one attached hydrogen (secondary N) is 2. The number of piperidine rings is 1. The van der Waals surface area contributed by atoms with Crippen molar-refractivity contribution >= 4 is 28.2 Å². The summed E-state index contributed by atoms with van der Waals surface area (Å²) in [6.45, 7) is 1.71. The van der Waals surface area contributed by atoms with Crippen LogP contribution in [0.3, 0.4) is 0 Å². The lowest BCUT2D eigenvalue weighted by Crippen LogP contribution is -2.42. The van der Waals surface area contributed by atoms with E-state index in [1.165, 1.54) is 24.3 Å². The first-order valence-corrected chi connectivity index (χ1v) is 8.70. The molecule has 2 rings (SSSR count). The summed E-state index contributed by atoms with van der Waals surface area (Å²) >= 11 is 0. The Morgan fingerprint density at radius 3 is 2.30 bits per heavy atom. The van der Waals surface area contributed by atoms with E-state index < -0.39 is 21.3 Å². The summed E-state index contributed by atoms with van der Waals surface area (Å²) in [5, 5.41) is 6.10. The van der Waals surface area contributed by atoms with Gasteiger partial charge in [-0.05, 0) is 43.6 Å². The highest BCUT2D eigenvalue weighted by Crippen LogP contribution is 2.14. The monoisotopic (exact) mass is 368 g/mol. The molecule has 0 saturated carbocycles. The van der Waals surface area contributed by atoms with Crippen molar-refractivity contribution in [3.05, 3.63) is 35.4 Å². The largest absolute Gasteiger partial charge is 0.349 e. The predicted octanol–water partition coefficient (Wildman–Crippen LogP) is 1.73. The van der Waals surface area contributed by atoms with Gasteiger partial charge >= 0.3 is 5.76 Å². The second-order valence-electron chi connectivity index (χ2n) is 5.26. The molecule has 0 unspecified atom stereocenters. The maximum Gasteiger partial charge on any atom is 0.337 e. The Hall–Kier alpha value is -1.25. The fraction of sp³-hybridized carbons (Fsp3) is 0.500. The van der Waals surface area contributed by atoms with E-state index in [-0.39, 0.29) is 29.9 Å². The first-order valence-electron chi connectivity index (χ1n) is 6.99. The van der Waals surface area contributed by atoms with Gasteiger partial charge in [0.25, 0.3) is 5.91 Å². The van der Waals surface area contributed by atoms with E-state index in [4.69, 9.17) is 0 Å². The normalized spacial score (nSPS) is 16.0. The van der Waals surface area contributed by atoms with Crippen molar-refractivity contribution in [1.29, 1.82) is 0 Å². The molecule has 1 aliphatic heterocycles. The highest BCUT2D eigenvalue weighted by Gasteiger charge is 2.24. The first kappa shape index (κ1) is 19.8. The van der Waals surface area contributed by atoms with Gasteiger partial charge in [-0.2, -0.15) is 8.78 Å². The second kappa shape index (κ2) is 8.56. The molecule has 1 aromatic rings. The number of hydrogen-bond acceptors (Lipinski definition) is 4. The van der Waals surface area contributed by atoms with Gasteiger partial charge in [0.05, 0.1) is 5.75 Å². The molecule has 0 spiro atoms. The third-order valence-electron chi connectivity index (χ3n) is 3.53. The molecular formula is C14H19ClF2N2O3S. The minimum absolute atomic E-state index is 0. The Bertz CT molecular complexity index is 617. The lowest BCUT2D eigenvalue weighted by Gasteiger charge is -2.23. The number of carbonyl (C=O) groups is 1. The summed E-state index contributed by atoms with van der Waals surface area (Å²) < 4.78 is 46.9. The maximum atomic E-state index is 12.3. The van der Waals surface area contributed by atoms with Gasteiger partial charge in [0.2, 0.25) is 9.84 Å². The zero-order valence-electron chi connectivity index (χ0n) is 12.3. The topological polar surface area (TPSA) is 75.3 Å². The van der Waals surface area contributed by atoms with Gasteiger partial charge in [-0.15, -0.1) is 12.4 Å². The Labute approximate surface area is 140 Å². The summed E-state index contributed by atoms with van der Waals surface area (Å²) in [6, 6.07) is 5.79. The summed E-state index contributed by atoms with van der Waals surface area (Å²) in [7, 11) is -4.45. The molecule has 1 fully saturated rings. The van der Waals surface area contributed by atoms with Crippen molar-refractivity contribution in [3.63, 3.8) is 0 Å². The number of rotatable bonds is 5. The summed E-state index contributed by atoms with van der Waals surface area (Å²) in [5.74, 6) is -4.37. The van der Waals surface area contributed by atoms with Crippen LogP contribution in [-0.4, -0.2) is 39.2 Å². The van der Waals surface area contributed by atoms with Gasteiger partial charge < -0.3 is 10.6 Å². The van der Waals surface area contributed by atoms with E-state index in [0.29, 0.717) is 5.56 Å². The quantitative estimate of drug-likeness (QED) is 0.830. The molecular weight excluding hydrogens is 350 g/mol. The van der Waals surface area contributed by atoms with Crippen molar-refractivity contribution in [2.75, 3.05) is 13.1 Å². The van der Waals surface area contributed by atoms with E-state index >= 15 is 0 Å². The van der Waals surface area contributed by atoms with Crippen LogP contribution in [0, 0.1) is 0 Å². The summed E-state index contributed by atoms with van der Waals surface area (Å²) in [5.41, 5.74) is 0.621. The van der Waals surface area contributed by atoms with Crippen LogP contribution < -0.4 is 10.6 Å². The molecule has 1 saturated heterocycles. The SMILES string of the molecule is Cl.O=C(NC1CCNCC1)c1ccc(CS(=O)(=O)C(F)F)cc1. The molecule has 0 atom stereocenters. The van der Waals surface area contributed by atoms with Crippen molar-refractivity contribution in [3.8, 4) is 0 Å². The van der Waals surface area contributed by atoms with Crippen LogP contribution in [0.4, 0.5) is 8.78 Å². The molecule has 2 N–H and O–H groups in total. The molecule has 0 aliphatic carbocycles. The number of amides is 1. The summed E-state index contributed by atoms with van der Waals surface area (Å²) in [4.78, 5) is 12.0. The van der Waals surface area contributed by atoms with Crippen LogP contribution in [0.1, 0.15) is 28.8 Å². The molecule has 1 aromatic carbocycles. The van der Waals surface area contributed by atoms with Crippen molar-refractivity contribution in [2.45, 2.75) is 30.4 Å². The third kappa shape index (κ3) is 5.71. The first-order chi connectivity index (χ1) is 10.4. The van der Waals surface area contributed by atoms with E-state index in [0.717, 1.165) is 25.9 Å². The van der Waals surface area contributed by atoms with E-state index in [1.54, 1.807) is 0 Å². The number of sulfone groups is 1. The standard InChI is InChI=1S/C14H18F2N2O3S.ClH/c15-14(16)22(20,21)9-10-1-3-11(4-2-10)13(19)18-12-5-7-17-8-6-12;/h1-4,12,14,17H,5-9H2,(H,18,19);1H. The van der Waals surface area contributed by atoms with E-state index in [2.05, 4.69) is 10.6 Å². The molecule has 5 nitrogen and oxygen atoms in total. The Morgan fingerprint density at radius 1 is 1.22 bits per heavy atom. The van der Waals surface area contributed by atoms with Gasteiger partial charge in [-0.1, -0.05) is 12.1 Å². The number of alkyl halides is 2. The molecule has 9 heteroatoms. The molecule has 0 radical (unpaired) electrons. The molecule has 1 amide bonds. The van der Waals surface area contributed by atoms with Crippen LogP contribution in [0.15, 0.2) is 24.3 Å². The van der Waals surface area contributed by atoms with E-state index in [1.807, 2.05) is 0 Å². The smallest absolute Gasteiger partial charge is 0.337 e. The highest BCUT2D eigenvalue weighted by molar-refractivity contribution is 7.90. The van der Waals surface area contributed by atoms with Crippen molar-refractivity contribution in [2.24, 2.45) is 0 Å². The van der Waals surface area contributed by atoms with Crippen LogP contribution in [0.5, 0.6) is 0 Å². The number of carbonyl (C=O) groups excluding carboxylic acids is 1. The van der Waals surface area contributed by atoms with Crippen LogP contribution >= 0.6 is 12.4 Å². The average Bonchev–Trinajstić information content (AvgIpc) is 2.48. The Morgan fingerprint density at radius 2 is 1.78 bits per heavy atom. The molecule has 23 heavy (non-hydrogen) atoms. The number of benzene rings is 1. The van der Waals surface area contributed by atoms with E-state index in [9.17, 15) is 22.0 Å². The molecule has 1 aliphatic rings. The minimum Gasteiger partial charge on any atom is -0.349 e. The maximum absolute atomic E-state index is 12.3. The van der Waals surface area contributed by atoms with Crippen LogP contribution in [-0.2, 0) is 15.6 Å². The second-order valence-corrected chi connectivity index (χ2v) is 7.23. The minimum atomic E-state index is -4.45. The predicted molar refractivity (Wildman–Crippen MR) is 85.7 cm³/mol. The van der Waals surface area contributed by atoms with Crippen LogP contribution in [0.25, 0.3) is 0 Å². The molecule has 0 aromatic heterocycles. The lowest BCUT2D eigenvalue weighted by molar-refractivity contribution is 0.0929. The zero-order valence-corrected chi connectivity index (χ0v) is 13.9. The number of hydrogen-bond donors (Lipinski definition) is 2. The Balaban J connectivity index is 0.00000264. The van der Waals surface area contributed by atoms with Crippen molar-refractivity contribution in [1.82, 2.24) is 10.6 Å². The molecule has 1 heterocycles. The van der Waals surface area contributed by atoms with Gasteiger partial charge in [0.15, 0.2) is 0 Å². The fourth-order valence-corrected chi connectivity index (χ4v) is 3.07. The molecule has 130 valence electrons. The fourth-order valence-electron chi connectivity index (χ4n) is 2.28. The van der Waals surface area contributed by atoms with Gasteiger partial charge in [-0.25, -0.2) is 8.42 Å². The van der Waals surface area contributed by atoms with Gasteiger partial charge in [0.1, 0.15) is 0 Å². The zero-order chi connectivity index (χ0) is 16.2.